The number of carbonyl (C=O) groups is 1. The van der Waals surface area contributed by atoms with Crippen molar-refractivity contribution >= 4 is 27.6 Å². The Morgan fingerprint density at radius 1 is 1.12 bits per heavy atom. The quantitative estimate of drug-likeness (QED) is 0.454. The number of halogens is 1. The Labute approximate surface area is 206 Å². The number of nitrogens with zero attached hydrogens (tertiary/aromatic N) is 2. The van der Waals surface area contributed by atoms with E-state index >= 15 is 0 Å². The Balaban J connectivity index is 1.72. The number of carbonyl (C=O) groups excluding carboxylic acids is 1. The number of nitrogens with one attached hydrogen (secondary N) is 1. The molecule has 1 aromatic heterocycles. The van der Waals surface area contributed by atoms with Gasteiger partial charge in [-0.15, -0.1) is 0 Å². The smallest absolute Gasteiger partial charge is 0.297 e. The van der Waals surface area contributed by atoms with Crippen LogP contribution in [-0.2, 0) is 33.3 Å². The highest BCUT2D eigenvalue weighted by Crippen LogP contribution is 2.30. The molecule has 0 radical (unpaired) electrons. The molecule has 1 heterocycles. The molecule has 0 fully saturated rings. The normalized spacial score (nSPS) is 13.0. The highest BCUT2D eigenvalue weighted by Gasteiger charge is 2.28. The first-order valence-electron chi connectivity index (χ1n) is 10.9. The second-order valence-electron chi connectivity index (χ2n) is 9.31. The van der Waals surface area contributed by atoms with E-state index in [0.717, 1.165) is 11.1 Å². The lowest BCUT2D eigenvalue weighted by Crippen LogP contribution is -2.25. The summed E-state index contributed by atoms with van der Waals surface area (Å²) >= 11 is 6.45. The van der Waals surface area contributed by atoms with E-state index in [2.05, 4.69) is 31.2 Å². The maximum atomic E-state index is 12.8. The summed E-state index contributed by atoms with van der Waals surface area (Å²) in [5, 5.41) is 7.15. The maximum absolute atomic E-state index is 12.8. The summed E-state index contributed by atoms with van der Waals surface area (Å²) < 4.78 is 31.9. The summed E-state index contributed by atoms with van der Waals surface area (Å²) in [5.41, 5.74) is 3.43. The first-order chi connectivity index (χ1) is 15.8. The summed E-state index contributed by atoms with van der Waals surface area (Å²) in [7, 11) is -2.46. The van der Waals surface area contributed by atoms with Crippen LogP contribution < -0.4 is 5.32 Å². The van der Waals surface area contributed by atoms with E-state index in [1.165, 1.54) is 29.3 Å². The molecule has 0 saturated heterocycles. The van der Waals surface area contributed by atoms with Crippen molar-refractivity contribution in [1.29, 1.82) is 0 Å². The number of benzene rings is 2. The van der Waals surface area contributed by atoms with Crippen molar-refractivity contribution in [2.45, 2.75) is 57.6 Å². The van der Waals surface area contributed by atoms with Crippen molar-refractivity contribution in [2.24, 2.45) is 7.05 Å². The van der Waals surface area contributed by atoms with Crippen LogP contribution in [0.4, 0.5) is 0 Å². The molecule has 0 aliphatic carbocycles. The zero-order chi connectivity index (χ0) is 25.3. The van der Waals surface area contributed by atoms with E-state index in [-0.39, 0.29) is 26.7 Å². The van der Waals surface area contributed by atoms with E-state index in [1.807, 2.05) is 31.2 Å². The fourth-order valence-electron chi connectivity index (χ4n) is 3.41. The van der Waals surface area contributed by atoms with Crippen LogP contribution in [-0.4, -0.2) is 24.1 Å². The Kier molecular flexibility index (Phi) is 7.55. The molecule has 1 atom stereocenters. The van der Waals surface area contributed by atoms with Crippen LogP contribution in [0.1, 0.15) is 66.7 Å². The molecular formula is C25H30ClN3O4S. The van der Waals surface area contributed by atoms with Crippen LogP contribution in [0.5, 0.6) is 0 Å². The minimum atomic E-state index is -4.03. The van der Waals surface area contributed by atoms with Crippen LogP contribution in [0.2, 0.25) is 5.02 Å². The fraction of sp³-hybridized carbons (Fsp3) is 0.360. The van der Waals surface area contributed by atoms with Gasteiger partial charge in [-0.05, 0) is 42.5 Å². The minimum absolute atomic E-state index is 0.0347. The largest absolute Gasteiger partial charge is 0.347 e. The van der Waals surface area contributed by atoms with Crippen molar-refractivity contribution in [3.63, 3.8) is 0 Å². The summed E-state index contributed by atoms with van der Waals surface area (Å²) in [4.78, 5) is 12.9. The lowest BCUT2D eigenvalue weighted by atomic mass is 9.87. The van der Waals surface area contributed by atoms with Crippen molar-refractivity contribution in [3.05, 3.63) is 81.6 Å². The molecule has 3 aromatic rings. The van der Waals surface area contributed by atoms with E-state index in [1.54, 1.807) is 19.2 Å². The van der Waals surface area contributed by atoms with Gasteiger partial charge in [0.1, 0.15) is 17.5 Å². The Bertz CT molecular complexity index is 1280. The van der Waals surface area contributed by atoms with Gasteiger partial charge < -0.3 is 5.32 Å². The summed E-state index contributed by atoms with van der Waals surface area (Å²) in [6, 6.07) is 14.4. The number of hydrogen-bond donors (Lipinski definition) is 1. The first kappa shape index (κ1) is 25.9. The van der Waals surface area contributed by atoms with Crippen LogP contribution in [0.3, 0.4) is 0 Å². The van der Waals surface area contributed by atoms with E-state index < -0.39 is 22.1 Å². The third-order valence-corrected chi connectivity index (χ3v) is 7.23. The molecule has 2 aromatic carbocycles. The average Bonchev–Trinajstić information content (AvgIpc) is 3.06. The van der Waals surface area contributed by atoms with Crippen LogP contribution in [0.25, 0.3) is 0 Å². The highest BCUT2D eigenvalue weighted by molar-refractivity contribution is 7.86. The molecule has 1 amide bonds. The zero-order valence-electron chi connectivity index (χ0n) is 20.2. The molecule has 0 spiro atoms. The molecule has 9 heteroatoms. The number of amides is 1. The van der Waals surface area contributed by atoms with Gasteiger partial charge in [0.2, 0.25) is 0 Å². The van der Waals surface area contributed by atoms with Crippen molar-refractivity contribution in [2.75, 3.05) is 0 Å². The maximum Gasteiger partial charge on any atom is 0.297 e. The van der Waals surface area contributed by atoms with Gasteiger partial charge in [-0.1, -0.05) is 74.3 Å². The van der Waals surface area contributed by atoms with Gasteiger partial charge in [0.15, 0.2) is 0 Å². The standard InChI is InChI=1S/C25H30ClN3O4S/c1-16-7-13-20(14-8-16)34(31,32)33-17(2)22-21(26)23(29(6)28-22)24(30)27-15-18-9-11-19(12-10-18)25(3,4)5/h7-14,17H,15H2,1-6H3,(H,27,30). The molecule has 3 rings (SSSR count). The molecule has 1 N–H and O–H groups in total. The van der Waals surface area contributed by atoms with Crippen LogP contribution in [0, 0.1) is 6.92 Å². The van der Waals surface area contributed by atoms with E-state index in [9.17, 15) is 13.2 Å². The Morgan fingerprint density at radius 3 is 2.26 bits per heavy atom. The summed E-state index contributed by atoms with van der Waals surface area (Å²) in [5.74, 6) is -0.417. The second kappa shape index (κ2) is 9.90. The predicted octanol–water partition coefficient (Wildman–Crippen LogP) is 5.08. The minimum Gasteiger partial charge on any atom is -0.347 e. The van der Waals surface area contributed by atoms with Gasteiger partial charge in [0.05, 0.1) is 9.92 Å². The summed E-state index contributed by atoms with van der Waals surface area (Å²) in [6.07, 6.45) is -0.989. The molecule has 0 bridgehead atoms. The van der Waals surface area contributed by atoms with Gasteiger partial charge in [0.25, 0.3) is 16.0 Å². The van der Waals surface area contributed by atoms with Crippen LogP contribution in [0.15, 0.2) is 53.4 Å². The number of rotatable bonds is 7. The number of aryl methyl sites for hydroxylation is 2. The average molecular weight is 504 g/mol. The van der Waals surface area contributed by atoms with Gasteiger partial charge in [-0.2, -0.15) is 13.5 Å². The molecule has 34 heavy (non-hydrogen) atoms. The summed E-state index contributed by atoms with van der Waals surface area (Å²) in [6.45, 7) is 10.1. The number of hydrogen-bond acceptors (Lipinski definition) is 5. The number of aromatic nitrogens is 2. The van der Waals surface area contributed by atoms with Crippen molar-refractivity contribution in [1.82, 2.24) is 15.1 Å². The van der Waals surface area contributed by atoms with E-state index in [0.29, 0.717) is 6.54 Å². The molecule has 0 aliphatic heterocycles. The molecule has 0 saturated carbocycles. The molecule has 0 aliphatic rings. The first-order valence-corrected chi connectivity index (χ1v) is 12.7. The SMILES string of the molecule is Cc1ccc(S(=O)(=O)OC(C)c2nn(C)c(C(=O)NCc3ccc(C(C)(C)C)cc3)c2Cl)cc1. The van der Waals surface area contributed by atoms with Gasteiger partial charge in [0, 0.05) is 13.6 Å². The molecule has 182 valence electrons. The zero-order valence-corrected chi connectivity index (χ0v) is 21.8. The Morgan fingerprint density at radius 2 is 1.71 bits per heavy atom. The third kappa shape index (κ3) is 5.87. The fourth-order valence-corrected chi connectivity index (χ4v) is 4.86. The van der Waals surface area contributed by atoms with Gasteiger partial charge >= 0.3 is 0 Å². The highest BCUT2D eigenvalue weighted by atomic mass is 35.5. The molecular weight excluding hydrogens is 474 g/mol. The predicted molar refractivity (Wildman–Crippen MR) is 132 cm³/mol. The molecule has 1 unspecified atom stereocenters. The lowest BCUT2D eigenvalue weighted by Gasteiger charge is -2.19. The Hall–Kier alpha value is -2.68. The van der Waals surface area contributed by atoms with E-state index in [4.69, 9.17) is 15.8 Å². The van der Waals surface area contributed by atoms with Gasteiger partial charge in [-0.3, -0.25) is 13.7 Å². The monoisotopic (exact) mass is 503 g/mol. The topological polar surface area (TPSA) is 90.3 Å². The van der Waals surface area contributed by atoms with Crippen LogP contribution >= 0.6 is 11.6 Å². The van der Waals surface area contributed by atoms with Crippen molar-refractivity contribution in [3.8, 4) is 0 Å². The van der Waals surface area contributed by atoms with Gasteiger partial charge in [-0.25, -0.2) is 0 Å². The van der Waals surface area contributed by atoms with Crippen molar-refractivity contribution < 1.29 is 17.4 Å². The molecule has 7 nitrogen and oxygen atoms in total. The third-order valence-electron chi connectivity index (χ3n) is 5.47. The lowest BCUT2D eigenvalue weighted by molar-refractivity contribution is 0.0941. The second-order valence-corrected chi connectivity index (χ2v) is 11.3.